The third-order valence-corrected chi connectivity index (χ3v) is 6.24. The normalized spacial score (nSPS) is 16.1. The predicted molar refractivity (Wildman–Crippen MR) is 124 cm³/mol. The molecule has 2 amide bonds. The molecule has 0 bridgehead atoms. The van der Waals surface area contributed by atoms with Crippen LogP contribution in [0.5, 0.6) is 0 Å². The Morgan fingerprint density at radius 3 is 2.15 bits per heavy atom. The number of hydrogen-bond acceptors (Lipinski definition) is 4. The Labute approximate surface area is 192 Å². The number of alkyl carbamates (subject to hydrolysis) is 1. The lowest BCUT2D eigenvalue weighted by Crippen LogP contribution is -2.51. The summed E-state index contributed by atoms with van der Waals surface area (Å²) in [6.07, 6.45) is 3.29. The molecule has 7 heteroatoms. The number of carboxylic acids is 1. The number of rotatable bonds is 10. The summed E-state index contributed by atoms with van der Waals surface area (Å²) in [4.78, 5) is 36.8. The van der Waals surface area contributed by atoms with Gasteiger partial charge < -0.3 is 20.5 Å². The lowest BCUT2D eigenvalue weighted by atomic mass is 9.98. The van der Waals surface area contributed by atoms with Crippen LogP contribution in [-0.2, 0) is 14.3 Å². The van der Waals surface area contributed by atoms with Gasteiger partial charge in [0.2, 0.25) is 5.91 Å². The summed E-state index contributed by atoms with van der Waals surface area (Å²) in [6, 6.07) is 14.2. The van der Waals surface area contributed by atoms with Crippen LogP contribution in [0.15, 0.2) is 61.2 Å². The molecule has 2 aliphatic carbocycles. The molecule has 0 heterocycles. The van der Waals surface area contributed by atoms with Gasteiger partial charge in [-0.2, -0.15) is 0 Å². The summed E-state index contributed by atoms with van der Waals surface area (Å²) in [5, 5.41) is 14.5. The number of aliphatic carboxylic acids is 1. The molecule has 0 spiro atoms. The highest BCUT2D eigenvalue weighted by Crippen LogP contribution is 2.44. The van der Waals surface area contributed by atoms with Gasteiger partial charge in [-0.3, -0.25) is 4.79 Å². The molecule has 0 aliphatic heterocycles. The van der Waals surface area contributed by atoms with E-state index in [2.05, 4.69) is 29.3 Å². The molecule has 3 N–H and O–H groups in total. The first kappa shape index (κ1) is 22.6. The molecule has 4 rings (SSSR count). The first-order chi connectivity index (χ1) is 16.0. The quantitative estimate of drug-likeness (QED) is 0.479. The van der Waals surface area contributed by atoms with E-state index < -0.39 is 30.1 Å². The van der Waals surface area contributed by atoms with Gasteiger partial charge in [-0.15, -0.1) is 6.58 Å². The van der Waals surface area contributed by atoms with Crippen molar-refractivity contribution in [2.45, 2.75) is 43.7 Å². The van der Waals surface area contributed by atoms with Gasteiger partial charge in [0.1, 0.15) is 18.7 Å². The summed E-state index contributed by atoms with van der Waals surface area (Å²) in [5.41, 5.74) is 4.48. The molecule has 2 aliphatic rings. The Kier molecular flexibility index (Phi) is 6.77. The molecule has 0 radical (unpaired) electrons. The van der Waals surface area contributed by atoms with Crippen molar-refractivity contribution in [1.29, 1.82) is 0 Å². The van der Waals surface area contributed by atoms with E-state index in [-0.39, 0.29) is 18.9 Å². The number of benzene rings is 2. The summed E-state index contributed by atoms with van der Waals surface area (Å²) >= 11 is 0. The van der Waals surface area contributed by atoms with Crippen LogP contribution >= 0.6 is 0 Å². The largest absolute Gasteiger partial charge is 0.480 e. The maximum absolute atomic E-state index is 12.7. The molecule has 7 nitrogen and oxygen atoms in total. The number of carbonyl (C=O) groups is 3. The SMILES string of the molecule is C=CCC(NC(=O)[C@H](CC1CC1)NC(=O)OCC1c2ccccc2-c2ccccc21)C(=O)O. The Hall–Kier alpha value is -3.61. The molecular formula is C26H28N2O5. The fourth-order valence-corrected chi connectivity index (χ4v) is 4.36. The highest BCUT2D eigenvalue weighted by Gasteiger charge is 2.33. The van der Waals surface area contributed by atoms with Crippen molar-refractivity contribution in [3.8, 4) is 11.1 Å². The van der Waals surface area contributed by atoms with Crippen LogP contribution in [0.4, 0.5) is 4.79 Å². The van der Waals surface area contributed by atoms with Crippen LogP contribution < -0.4 is 10.6 Å². The molecule has 0 saturated heterocycles. The van der Waals surface area contributed by atoms with Crippen molar-refractivity contribution in [2.75, 3.05) is 6.61 Å². The van der Waals surface area contributed by atoms with E-state index in [4.69, 9.17) is 4.74 Å². The second kappa shape index (κ2) is 9.90. The van der Waals surface area contributed by atoms with Gasteiger partial charge in [0.15, 0.2) is 0 Å². The second-order valence-corrected chi connectivity index (χ2v) is 8.63. The zero-order chi connectivity index (χ0) is 23.4. The highest BCUT2D eigenvalue weighted by molar-refractivity contribution is 5.89. The van der Waals surface area contributed by atoms with Crippen LogP contribution in [0.3, 0.4) is 0 Å². The molecule has 2 aromatic rings. The first-order valence-electron chi connectivity index (χ1n) is 11.2. The van der Waals surface area contributed by atoms with Crippen molar-refractivity contribution in [2.24, 2.45) is 5.92 Å². The number of hydrogen-bond donors (Lipinski definition) is 3. The Balaban J connectivity index is 1.40. The van der Waals surface area contributed by atoms with Crippen molar-refractivity contribution in [3.05, 3.63) is 72.3 Å². The number of ether oxygens (including phenoxy) is 1. The number of carboxylic acid groups (broad SMARTS) is 1. The van der Waals surface area contributed by atoms with Crippen molar-refractivity contribution < 1.29 is 24.2 Å². The lowest BCUT2D eigenvalue weighted by Gasteiger charge is -2.21. The zero-order valence-corrected chi connectivity index (χ0v) is 18.3. The van der Waals surface area contributed by atoms with Crippen LogP contribution in [0, 0.1) is 5.92 Å². The molecule has 2 aromatic carbocycles. The van der Waals surface area contributed by atoms with E-state index in [1.807, 2.05) is 36.4 Å². The number of nitrogens with one attached hydrogen (secondary N) is 2. The van der Waals surface area contributed by atoms with E-state index in [9.17, 15) is 19.5 Å². The Morgan fingerprint density at radius 1 is 1.00 bits per heavy atom. The van der Waals surface area contributed by atoms with Crippen LogP contribution in [0.1, 0.15) is 42.7 Å². The highest BCUT2D eigenvalue weighted by atomic mass is 16.5. The number of fused-ring (bicyclic) bond motifs is 3. The van der Waals surface area contributed by atoms with Gasteiger partial charge >= 0.3 is 12.1 Å². The minimum absolute atomic E-state index is 0.0807. The van der Waals surface area contributed by atoms with Gasteiger partial charge in [0.05, 0.1) is 0 Å². The van der Waals surface area contributed by atoms with Crippen LogP contribution in [-0.4, -0.2) is 41.8 Å². The van der Waals surface area contributed by atoms with E-state index >= 15 is 0 Å². The lowest BCUT2D eigenvalue weighted by molar-refractivity contribution is -0.142. The first-order valence-corrected chi connectivity index (χ1v) is 11.2. The van der Waals surface area contributed by atoms with E-state index in [1.165, 1.54) is 6.08 Å². The fraction of sp³-hybridized carbons (Fsp3) is 0.346. The molecule has 1 unspecified atom stereocenters. The molecule has 0 aromatic heterocycles. The zero-order valence-electron chi connectivity index (χ0n) is 18.3. The maximum Gasteiger partial charge on any atom is 0.407 e. The van der Waals surface area contributed by atoms with Crippen LogP contribution in [0.25, 0.3) is 11.1 Å². The minimum atomic E-state index is -1.14. The molecule has 172 valence electrons. The third kappa shape index (κ3) is 5.25. The van der Waals surface area contributed by atoms with Gasteiger partial charge in [-0.1, -0.05) is 67.4 Å². The smallest absolute Gasteiger partial charge is 0.407 e. The van der Waals surface area contributed by atoms with E-state index in [0.29, 0.717) is 12.3 Å². The maximum atomic E-state index is 12.7. The molecule has 33 heavy (non-hydrogen) atoms. The van der Waals surface area contributed by atoms with Gasteiger partial charge in [-0.05, 0) is 41.0 Å². The van der Waals surface area contributed by atoms with Gasteiger partial charge in [-0.25, -0.2) is 9.59 Å². The standard InChI is InChI=1S/C26H28N2O5/c1-2-7-22(25(30)31)27-24(29)23(14-16-12-13-16)28-26(32)33-15-21-19-10-5-3-8-17(19)18-9-4-6-11-20(18)21/h2-6,8-11,16,21-23H,1,7,12-15H2,(H,27,29)(H,28,32)(H,30,31)/t22?,23-/m0/s1. The monoisotopic (exact) mass is 448 g/mol. The van der Waals surface area contributed by atoms with E-state index in [1.54, 1.807) is 0 Å². The average molecular weight is 449 g/mol. The Morgan fingerprint density at radius 2 is 1.61 bits per heavy atom. The van der Waals surface area contributed by atoms with Crippen molar-refractivity contribution in [3.63, 3.8) is 0 Å². The minimum Gasteiger partial charge on any atom is -0.480 e. The van der Waals surface area contributed by atoms with Crippen molar-refractivity contribution >= 4 is 18.0 Å². The summed E-state index contributed by atoms with van der Waals surface area (Å²) in [6.45, 7) is 3.68. The van der Waals surface area contributed by atoms with Gasteiger partial charge in [0, 0.05) is 5.92 Å². The molecule has 1 fully saturated rings. The van der Waals surface area contributed by atoms with Crippen molar-refractivity contribution in [1.82, 2.24) is 10.6 Å². The number of amides is 2. The second-order valence-electron chi connectivity index (χ2n) is 8.63. The Bertz CT molecular complexity index is 1020. The summed E-state index contributed by atoms with van der Waals surface area (Å²) in [5.74, 6) is -1.40. The fourth-order valence-electron chi connectivity index (χ4n) is 4.36. The van der Waals surface area contributed by atoms with E-state index in [0.717, 1.165) is 35.1 Å². The third-order valence-electron chi connectivity index (χ3n) is 6.24. The molecular weight excluding hydrogens is 420 g/mol. The molecule has 2 atom stereocenters. The number of carbonyl (C=O) groups excluding carboxylic acids is 2. The average Bonchev–Trinajstić information content (AvgIpc) is 3.57. The summed E-state index contributed by atoms with van der Waals surface area (Å²) < 4.78 is 5.56. The molecule has 1 saturated carbocycles. The van der Waals surface area contributed by atoms with Crippen LogP contribution in [0.2, 0.25) is 0 Å². The predicted octanol–water partition coefficient (Wildman–Crippen LogP) is 3.84. The topological polar surface area (TPSA) is 105 Å². The summed E-state index contributed by atoms with van der Waals surface area (Å²) in [7, 11) is 0. The van der Waals surface area contributed by atoms with Gasteiger partial charge in [0.25, 0.3) is 0 Å².